The minimum atomic E-state index is -1.19. The second-order valence-electron chi connectivity index (χ2n) is 6.42. The predicted molar refractivity (Wildman–Crippen MR) is 121 cm³/mol. The molecule has 1 aliphatic rings. The Morgan fingerprint density at radius 2 is 1.90 bits per heavy atom. The van der Waals surface area contributed by atoms with Crippen LogP contribution in [0.1, 0.15) is 17.4 Å². The van der Waals surface area contributed by atoms with Gasteiger partial charge >= 0.3 is 5.97 Å². The van der Waals surface area contributed by atoms with E-state index in [1.54, 1.807) is 60.7 Å². The number of benzene rings is 2. The molecule has 2 aromatic carbocycles. The van der Waals surface area contributed by atoms with Crippen molar-refractivity contribution in [1.82, 2.24) is 4.90 Å². The summed E-state index contributed by atoms with van der Waals surface area (Å²) in [4.78, 5) is 26.3. The summed E-state index contributed by atoms with van der Waals surface area (Å²) in [6, 6.07) is 18.1. The zero-order valence-electron chi connectivity index (χ0n) is 15.3. The van der Waals surface area contributed by atoms with Gasteiger partial charge in [0.1, 0.15) is 15.8 Å². The van der Waals surface area contributed by atoms with Crippen LogP contribution in [0.15, 0.2) is 76.1 Å². The van der Waals surface area contributed by atoms with Crippen molar-refractivity contribution in [3.8, 4) is 11.3 Å². The number of carboxylic acid groups (broad SMARTS) is 1. The number of thioether (sulfide) groups is 1. The minimum Gasteiger partial charge on any atom is -0.479 e. The molecule has 1 amide bonds. The van der Waals surface area contributed by atoms with E-state index in [9.17, 15) is 14.7 Å². The van der Waals surface area contributed by atoms with E-state index in [0.717, 1.165) is 22.2 Å². The molecular formula is C22H14ClNO4S2. The maximum atomic E-state index is 13.0. The van der Waals surface area contributed by atoms with Crippen molar-refractivity contribution in [3.63, 3.8) is 0 Å². The summed E-state index contributed by atoms with van der Waals surface area (Å²) in [5.74, 6) is -0.564. The Labute approximate surface area is 186 Å². The Kier molecular flexibility index (Phi) is 5.76. The van der Waals surface area contributed by atoms with Gasteiger partial charge in [0, 0.05) is 16.7 Å². The van der Waals surface area contributed by atoms with Crippen LogP contribution in [-0.4, -0.2) is 26.2 Å². The van der Waals surface area contributed by atoms with Crippen molar-refractivity contribution in [2.45, 2.75) is 6.04 Å². The average Bonchev–Trinajstić information content (AvgIpc) is 3.29. The van der Waals surface area contributed by atoms with Gasteiger partial charge in [-0.3, -0.25) is 9.69 Å². The predicted octanol–water partition coefficient (Wildman–Crippen LogP) is 5.63. The van der Waals surface area contributed by atoms with Crippen molar-refractivity contribution in [1.29, 1.82) is 0 Å². The van der Waals surface area contributed by atoms with Crippen LogP contribution >= 0.6 is 35.6 Å². The molecule has 0 bridgehead atoms. The van der Waals surface area contributed by atoms with Crippen LogP contribution in [0.4, 0.5) is 0 Å². The van der Waals surface area contributed by atoms with Crippen LogP contribution in [0.5, 0.6) is 0 Å². The van der Waals surface area contributed by atoms with Gasteiger partial charge in [0.2, 0.25) is 0 Å². The molecule has 3 aromatic rings. The molecule has 1 fully saturated rings. The van der Waals surface area contributed by atoms with Gasteiger partial charge in [0.05, 0.1) is 4.91 Å². The molecule has 0 radical (unpaired) electrons. The first-order chi connectivity index (χ1) is 14.4. The summed E-state index contributed by atoms with van der Waals surface area (Å²) in [6.07, 6.45) is 1.57. The fraction of sp³-hybridized carbons (Fsp3) is 0.0455. The van der Waals surface area contributed by atoms with Crippen LogP contribution in [0, 0.1) is 0 Å². The average molecular weight is 456 g/mol. The second kappa shape index (κ2) is 8.47. The number of halogens is 1. The largest absolute Gasteiger partial charge is 0.479 e. The highest BCUT2D eigenvalue weighted by atomic mass is 35.5. The molecule has 2 heterocycles. The molecule has 1 aliphatic heterocycles. The van der Waals surface area contributed by atoms with Gasteiger partial charge in [-0.2, -0.15) is 0 Å². The molecule has 0 saturated carbocycles. The lowest BCUT2D eigenvalue weighted by Gasteiger charge is -2.23. The summed E-state index contributed by atoms with van der Waals surface area (Å²) < 4.78 is 6.00. The molecule has 4 rings (SSSR count). The highest BCUT2D eigenvalue weighted by molar-refractivity contribution is 8.26. The van der Waals surface area contributed by atoms with E-state index in [0.29, 0.717) is 27.0 Å². The zero-order chi connectivity index (χ0) is 21.3. The first-order valence-corrected chi connectivity index (χ1v) is 10.4. The minimum absolute atomic E-state index is 0.184. The van der Waals surface area contributed by atoms with Gasteiger partial charge in [-0.25, -0.2) is 4.79 Å². The number of hydrogen-bond acceptors (Lipinski definition) is 5. The molecular weight excluding hydrogens is 442 g/mol. The number of thiocarbonyl (C=S) groups is 1. The molecule has 5 nitrogen and oxygen atoms in total. The molecule has 150 valence electrons. The number of carbonyl (C=O) groups is 2. The van der Waals surface area contributed by atoms with Crippen LogP contribution in [-0.2, 0) is 9.59 Å². The molecule has 0 spiro atoms. The number of amides is 1. The number of nitrogens with zero attached hydrogens (tertiary/aromatic N) is 1. The number of carboxylic acids is 1. The first-order valence-electron chi connectivity index (χ1n) is 8.84. The van der Waals surface area contributed by atoms with Gasteiger partial charge < -0.3 is 9.52 Å². The fourth-order valence-corrected chi connectivity index (χ4v) is 4.58. The van der Waals surface area contributed by atoms with Crippen molar-refractivity contribution >= 4 is 57.9 Å². The Morgan fingerprint density at radius 3 is 2.60 bits per heavy atom. The van der Waals surface area contributed by atoms with E-state index in [-0.39, 0.29) is 4.32 Å². The lowest BCUT2D eigenvalue weighted by Crippen LogP contribution is -2.37. The Morgan fingerprint density at radius 1 is 1.13 bits per heavy atom. The van der Waals surface area contributed by atoms with Crippen LogP contribution in [0.3, 0.4) is 0 Å². The Bertz CT molecular complexity index is 1170. The first kappa shape index (κ1) is 20.4. The molecule has 1 aromatic heterocycles. The molecule has 0 aliphatic carbocycles. The Hall–Kier alpha value is -2.87. The van der Waals surface area contributed by atoms with E-state index in [1.807, 2.05) is 12.1 Å². The monoisotopic (exact) mass is 455 g/mol. The number of aliphatic carboxylic acids is 1. The van der Waals surface area contributed by atoms with Crippen molar-refractivity contribution in [2.24, 2.45) is 0 Å². The lowest BCUT2D eigenvalue weighted by molar-refractivity contribution is -0.145. The van der Waals surface area contributed by atoms with E-state index in [4.69, 9.17) is 28.2 Å². The van der Waals surface area contributed by atoms with Crippen LogP contribution < -0.4 is 0 Å². The SMILES string of the molecule is O=C(O)[C@@H](c1ccccc1)N1C(=O)/C(=C\c2ccc(-c3cccc(Cl)c3)o2)SC1=S. The quantitative estimate of drug-likeness (QED) is 0.397. The third kappa shape index (κ3) is 4.05. The van der Waals surface area contributed by atoms with E-state index in [2.05, 4.69) is 0 Å². The molecule has 1 saturated heterocycles. The maximum absolute atomic E-state index is 13.0. The van der Waals surface area contributed by atoms with Gasteiger partial charge in [0.25, 0.3) is 5.91 Å². The highest BCUT2D eigenvalue weighted by Crippen LogP contribution is 2.39. The number of rotatable bonds is 5. The van der Waals surface area contributed by atoms with Crippen molar-refractivity contribution in [2.75, 3.05) is 0 Å². The zero-order valence-corrected chi connectivity index (χ0v) is 17.7. The molecule has 1 N–H and O–H groups in total. The van der Waals surface area contributed by atoms with Crippen LogP contribution in [0.2, 0.25) is 5.02 Å². The van der Waals surface area contributed by atoms with Crippen molar-refractivity contribution < 1.29 is 19.1 Å². The van der Waals surface area contributed by atoms with E-state index >= 15 is 0 Å². The Balaban J connectivity index is 1.63. The lowest BCUT2D eigenvalue weighted by atomic mass is 10.1. The number of carbonyl (C=O) groups excluding carboxylic acids is 1. The summed E-state index contributed by atoms with van der Waals surface area (Å²) in [5.41, 5.74) is 1.29. The maximum Gasteiger partial charge on any atom is 0.331 e. The highest BCUT2D eigenvalue weighted by Gasteiger charge is 2.41. The smallest absolute Gasteiger partial charge is 0.331 e. The number of hydrogen-bond donors (Lipinski definition) is 1. The third-order valence-electron chi connectivity index (χ3n) is 4.44. The van der Waals surface area contributed by atoms with E-state index < -0.39 is 17.9 Å². The van der Waals surface area contributed by atoms with Gasteiger partial charge in [-0.15, -0.1) is 0 Å². The summed E-state index contributed by atoms with van der Waals surface area (Å²) in [7, 11) is 0. The van der Waals surface area contributed by atoms with Gasteiger partial charge in [-0.1, -0.05) is 78.0 Å². The molecule has 0 unspecified atom stereocenters. The molecule has 30 heavy (non-hydrogen) atoms. The fourth-order valence-electron chi connectivity index (χ4n) is 3.10. The van der Waals surface area contributed by atoms with Crippen molar-refractivity contribution in [3.05, 3.63) is 88.0 Å². The topological polar surface area (TPSA) is 70.8 Å². The van der Waals surface area contributed by atoms with Gasteiger partial charge in [-0.05, 0) is 29.8 Å². The van der Waals surface area contributed by atoms with Crippen LogP contribution in [0.25, 0.3) is 17.4 Å². The number of furan rings is 1. The molecule has 1 atom stereocenters. The summed E-state index contributed by atoms with van der Waals surface area (Å²) in [6.45, 7) is 0. The normalized spacial score (nSPS) is 16.3. The van der Waals surface area contributed by atoms with Gasteiger partial charge in [0.15, 0.2) is 6.04 Å². The summed E-state index contributed by atoms with van der Waals surface area (Å²) in [5, 5.41) is 10.3. The van der Waals surface area contributed by atoms with E-state index in [1.165, 1.54) is 0 Å². The third-order valence-corrected chi connectivity index (χ3v) is 6.01. The standard InChI is InChI=1S/C22H14ClNO4S2/c23-15-8-4-7-14(11-15)17-10-9-16(28-17)12-18-20(25)24(22(29)30-18)19(21(26)27)13-5-2-1-3-6-13/h1-12,19H,(H,26,27)/b18-12+/t19-/m1/s1. The molecule has 8 heteroatoms. The summed E-state index contributed by atoms with van der Waals surface area (Å²) >= 11 is 12.4. The second-order valence-corrected chi connectivity index (χ2v) is 8.53.